The van der Waals surface area contributed by atoms with Crippen LogP contribution in [0, 0.1) is 5.82 Å². The summed E-state index contributed by atoms with van der Waals surface area (Å²) in [4.78, 5) is 4.31. The van der Waals surface area contributed by atoms with Crippen molar-refractivity contribution in [2.24, 2.45) is 12.8 Å². The molecule has 2 aromatic rings. The number of imidazole rings is 1. The molecule has 0 saturated carbocycles. The SMILES string of the molecule is COc1ccc(F)cc1-c1nc(CN)n(C)c1Cl. The number of nitrogens with two attached hydrogens (primary N) is 1. The second-order valence-corrected chi connectivity index (χ2v) is 4.13. The van der Waals surface area contributed by atoms with Crippen LogP contribution in [0.5, 0.6) is 5.75 Å². The van der Waals surface area contributed by atoms with Gasteiger partial charge in [-0.2, -0.15) is 0 Å². The van der Waals surface area contributed by atoms with Crippen LogP contribution in [0.15, 0.2) is 18.2 Å². The maximum Gasteiger partial charge on any atom is 0.136 e. The molecular formula is C12H13ClFN3O. The van der Waals surface area contributed by atoms with Gasteiger partial charge in [0.15, 0.2) is 0 Å². The van der Waals surface area contributed by atoms with Crippen LogP contribution in [0.4, 0.5) is 4.39 Å². The Bertz CT molecular complexity index is 583. The molecule has 0 aliphatic heterocycles. The monoisotopic (exact) mass is 269 g/mol. The highest BCUT2D eigenvalue weighted by Crippen LogP contribution is 2.34. The lowest BCUT2D eigenvalue weighted by molar-refractivity contribution is 0.415. The standard InChI is InChI=1S/C12H13ClFN3O/c1-17-10(6-15)16-11(12(17)13)8-5-7(14)3-4-9(8)18-2/h3-5H,6,15H2,1-2H3. The zero-order valence-corrected chi connectivity index (χ0v) is 10.8. The number of benzene rings is 1. The van der Waals surface area contributed by atoms with Crippen molar-refractivity contribution in [2.45, 2.75) is 6.54 Å². The van der Waals surface area contributed by atoms with E-state index in [-0.39, 0.29) is 12.4 Å². The fourth-order valence-corrected chi connectivity index (χ4v) is 1.98. The number of methoxy groups -OCH3 is 1. The molecule has 0 spiro atoms. The van der Waals surface area contributed by atoms with E-state index in [2.05, 4.69) is 4.98 Å². The number of rotatable bonds is 3. The van der Waals surface area contributed by atoms with Gasteiger partial charge in [-0.3, -0.25) is 0 Å². The van der Waals surface area contributed by atoms with Crippen molar-refractivity contribution >= 4 is 11.6 Å². The molecule has 0 amide bonds. The Kier molecular flexibility index (Phi) is 3.54. The van der Waals surface area contributed by atoms with Gasteiger partial charge < -0.3 is 15.0 Å². The minimum atomic E-state index is -0.373. The Morgan fingerprint density at radius 2 is 2.22 bits per heavy atom. The predicted molar refractivity (Wildman–Crippen MR) is 68.1 cm³/mol. The fourth-order valence-electron chi connectivity index (χ4n) is 1.74. The lowest BCUT2D eigenvalue weighted by atomic mass is 10.1. The van der Waals surface area contributed by atoms with Crippen molar-refractivity contribution in [3.8, 4) is 17.0 Å². The van der Waals surface area contributed by atoms with Crippen LogP contribution in [0.2, 0.25) is 5.15 Å². The Hall–Kier alpha value is -1.59. The predicted octanol–water partition coefficient (Wildman–Crippen LogP) is 2.35. The average Bonchev–Trinajstić information content (AvgIpc) is 2.66. The second kappa shape index (κ2) is 4.96. The first kappa shape index (κ1) is 12.9. The molecule has 1 heterocycles. The lowest BCUT2D eigenvalue weighted by Crippen LogP contribution is -2.04. The van der Waals surface area contributed by atoms with Gasteiger partial charge >= 0.3 is 0 Å². The van der Waals surface area contributed by atoms with Gasteiger partial charge in [-0.05, 0) is 18.2 Å². The first-order chi connectivity index (χ1) is 8.58. The molecule has 1 aromatic heterocycles. The summed E-state index contributed by atoms with van der Waals surface area (Å²) < 4.78 is 20.2. The third-order valence-corrected chi connectivity index (χ3v) is 3.15. The topological polar surface area (TPSA) is 53.1 Å². The zero-order valence-electron chi connectivity index (χ0n) is 10.1. The molecule has 1 aromatic carbocycles. The maximum absolute atomic E-state index is 13.3. The van der Waals surface area contributed by atoms with Gasteiger partial charge in [0.25, 0.3) is 0 Å². The molecule has 0 unspecified atom stereocenters. The lowest BCUT2D eigenvalue weighted by Gasteiger charge is -2.06. The van der Waals surface area contributed by atoms with Crippen molar-refractivity contribution in [3.05, 3.63) is 35.0 Å². The van der Waals surface area contributed by atoms with Gasteiger partial charge in [0.1, 0.15) is 28.2 Å². The van der Waals surface area contributed by atoms with E-state index in [0.717, 1.165) is 0 Å². The Balaban J connectivity index is 2.64. The van der Waals surface area contributed by atoms with E-state index < -0.39 is 0 Å². The highest BCUT2D eigenvalue weighted by atomic mass is 35.5. The van der Waals surface area contributed by atoms with Crippen molar-refractivity contribution in [3.63, 3.8) is 0 Å². The number of aromatic nitrogens is 2. The first-order valence-corrected chi connectivity index (χ1v) is 5.71. The van der Waals surface area contributed by atoms with E-state index >= 15 is 0 Å². The van der Waals surface area contributed by atoms with Gasteiger partial charge in [-0.25, -0.2) is 9.37 Å². The normalized spacial score (nSPS) is 10.7. The molecule has 2 rings (SSSR count). The molecule has 0 bridgehead atoms. The van der Waals surface area contributed by atoms with Crippen molar-refractivity contribution in [1.82, 2.24) is 9.55 Å². The number of hydrogen-bond acceptors (Lipinski definition) is 3. The molecule has 0 saturated heterocycles. The van der Waals surface area contributed by atoms with E-state index in [9.17, 15) is 4.39 Å². The summed E-state index contributed by atoms with van der Waals surface area (Å²) in [6, 6.07) is 4.20. The van der Waals surface area contributed by atoms with E-state index in [4.69, 9.17) is 22.1 Å². The maximum atomic E-state index is 13.3. The Labute approximate surface area is 109 Å². The van der Waals surface area contributed by atoms with E-state index in [1.807, 2.05) is 0 Å². The van der Waals surface area contributed by atoms with Crippen LogP contribution in [0.3, 0.4) is 0 Å². The van der Waals surface area contributed by atoms with Crippen molar-refractivity contribution in [2.75, 3.05) is 7.11 Å². The zero-order chi connectivity index (χ0) is 13.3. The summed E-state index contributed by atoms with van der Waals surface area (Å²) in [7, 11) is 3.27. The molecule has 0 atom stereocenters. The minimum Gasteiger partial charge on any atom is -0.496 e. The summed E-state index contributed by atoms with van der Waals surface area (Å²) in [5.41, 5.74) is 6.54. The van der Waals surface area contributed by atoms with Crippen LogP contribution in [0.1, 0.15) is 5.82 Å². The highest BCUT2D eigenvalue weighted by molar-refractivity contribution is 6.32. The average molecular weight is 270 g/mol. The van der Waals surface area contributed by atoms with Crippen LogP contribution in [-0.2, 0) is 13.6 Å². The van der Waals surface area contributed by atoms with Crippen LogP contribution in [0.25, 0.3) is 11.3 Å². The Morgan fingerprint density at radius 1 is 1.50 bits per heavy atom. The molecule has 18 heavy (non-hydrogen) atoms. The summed E-state index contributed by atoms with van der Waals surface area (Å²) in [5.74, 6) is 0.767. The van der Waals surface area contributed by atoms with Gasteiger partial charge in [0.05, 0.1) is 13.7 Å². The third kappa shape index (κ3) is 2.07. The smallest absolute Gasteiger partial charge is 0.136 e. The molecule has 4 nitrogen and oxygen atoms in total. The molecule has 0 radical (unpaired) electrons. The molecule has 6 heteroatoms. The fraction of sp³-hybridized carbons (Fsp3) is 0.250. The number of halogens is 2. The largest absolute Gasteiger partial charge is 0.496 e. The number of hydrogen-bond donors (Lipinski definition) is 1. The second-order valence-electron chi connectivity index (χ2n) is 3.78. The highest BCUT2D eigenvalue weighted by Gasteiger charge is 2.17. The van der Waals surface area contributed by atoms with E-state index in [1.165, 1.54) is 25.3 Å². The summed E-state index contributed by atoms with van der Waals surface area (Å²) in [6.45, 7) is 0.258. The van der Waals surface area contributed by atoms with Crippen LogP contribution < -0.4 is 10.5 Å². The minimum absolute atomic E-state index is 0.258. The molecule has 96 valence electrons. The molecule has 2 N–H and O–H groups in total. The summed E-state index contributed by atoms with van der Waals surface area (Å²) in [6.07, 6.45) is 0. The summed E-state index contributed by atoms with van der Waals surface area (Å²) in [5, 5.41) is 0.402. The van der Waals surface area contributed by atoms with E-state index in [0.29, 0.717) is 28.0 Å². The van der Waals surface area contributed by atoms with Gasteiger partial charge in [0, 0.05) is 12.6 Å². The van der Waals surface area contributed by atoms with Gasteiger partial charge in [-0.1, -0.05) is 11.6 Å². The summed E-state index contributed by atoms with van der Waals surface area (Å²) >= 11 is 6.18. The molecule has 0 aliphatic rings. The van der Waals surface area contributed by atoms with Crippen LogP contribution >= 0.6 is 11.6 Å². The van der Waals surface area contributed by atoms with E-state index in [1.54, 1.807) is 11.6 Å². The van der Waals surface area contributed by atoms with Gasteiger partial charge in [-0.15, -0.1) is 0 Å². The first-order valence-electron chi connectivity index (χ1n) is 5.33. The number of ether oxygens (including phenoxy) is 1. The quantitative estimate of drug-likeness (QED) is 0.931. The molecular weight excluding hydrogens is 257 g/mol. The molecule has 0 fully saturated rings. The van der Waals surface area contributed by atoms with Crippen molar-refractivity contribution < 1.29 is 9.13 Å². The Morgan fingerprint density at radius 3 is 2.78 bits per heavy atom. The number of nitrogens with zero attached hydrogens (tertiary/aromatic N) is 2. The van der Waals surface area contributed by atoms with Gasteiger partial charge in [0.2, 0.25) is 0 Å². The van der Waals surface area contributed by atoms with Crippen molar-refractivity contribution in [1.29, 1.82) is 0 Å². The third-order valence-electron chi connectivity index (χ3n) is 2.72. The molecule has 0 aliphatic carbocycles. The van der Waals surface area contributed by atoms with Crippen LogP contribution in [-0.4, -0.2) is 16.7 Å².